The van der Waals surface area contributed by atoms with Crippen molar-refractivity contribution in [3.63, 3.8) is 0 Å². The molecule has 0 saturated carbocycles. The molecule has 0 saturated heterocycles. The fourth-order valence-corrected chi connectivity index (χ4v) is 3.76. The Bertz CT molecular complexity index is 498. The number of esters is 1. The van der Waals surface area contributed by atoms with Gasteiger partial charge in [0.05, 0.1) is 25.9 Å². The molecule has 0 aliphatic rings. The zero-order valence-corrected chi connectivity index (χ0v) is 12.8. The van der Waals surface area contributed by atoms with Gasteiger partial charge in [0, 0.05) is 5.69 Å². The summed E-state index contributed by atoms with van der Waals surface area (Å²) in [7, 11) is -2.12. The fraction of sp³-hybridized carbons (Fsp3) is 0.583. The topological polar surface area (TPSA) is 77.6 Å². The van der Waals surface area contributed by atoms with Gasteiger partial charge < -0.3 is 18.8 Å². The van der Waals surface area contributed by atoms with Crippen LogP contribution in [0.1, 0.15) is 35.5 Å². The number of methoxy groups -OCH3 is 1. The van der Waals surface area contributed by atoms with Crippen LogP contribution in [0.2, 0.25) is 0 Å². The Hall–Kier alpha value is -1.10. The molecule has 0 aliphatic heterocycles. The van der Waals surface area contributed by atoms with E-state index in [1.807, 2.05) is 0 Å². The van der Waals surface area contributed by atoms with Crippen molar-refractivity contribution in [2.45, 2.75) is 27.7 Å². The molecule has 0 radical (unpaired) electrons. The highest BCUT2D eigenvalue weighted by molar-refractivity contribution is 7.62. The lowest BCUT2D eigenvalue weighted by Crippen LogP contribution is -2.15. The van der Waals surface area contributed by atoms with E-state index in [2.05, 4.69) is 4.98 Å². The molecular weight excluding hydrogens is 269 g/mol. The summed E-state index contributed by atoms with van der Waals surface area (Å²) in [6, 6.07) is 0. The average Bonchev–Trinajstić information content (AvgIpc) is 2.65. The minimum absolute atomic E-state index is 0.252. The van der Waals surface area contributed by atoms with Crippen LogP contribution in [0.4, 0.5) is 0 Å². The van der Waals surface area contributed by atoms with Crippen LogP contribution >= 0.6 is 7.60 Å². The largest absolute Gasteiger partial charge is 0.465 e. The van der Waals surface area contributed by atoms with Crippen molar-refractivity contribution in [1.82, 2.24) is 4.98 Å². The number of rotatable bonds is 6. The number of aryl methyl sites for hydroxylation is 1. The molecule has 108 valence electrons. The Labute approximate surface area is 113 Å². The van der Waals surface area contributed by atoms with Gasteiger partial charge in [0.1, 0.15) is 5.44 Å². The van der Waals surface area contributed by atoms with E-state index in [0.717, 1.165) is 0 Å². The molecule has 0 spiro atoms. The van der Waals surface area contributed by atoms with Crippen LogP contribution in [0.5, 0.6) is 0 Å². The van der Waals surface area contributed by atoms with Gasteiger partial charge in [0.25, 0.3) is 0 Å². The number of nitrogens with one attached hydrogen (secondary N) is 1. The summed E-state index contributed by atoms with van der Waals surface area (Å²) in [6.07, 6.45) is 0. The van der Waals surface area contributed by atoms with Crippen molar-refractivity contribution in [2.24, 2.45) is 0 Å². The van der Waals surface area contributed by atoms with Crippen LogP contribution in [0.15, 0.2) is 0 Å². The maximum absolute atomic E-state index is 12.7. The molecule has 1 N–H and O–H groups in total. The van der Waals surface area contributed by atoms with Crippen LogP contribution < -0.4 is 5.44 Å². The van der Waals surface area contributed by atoms with E-state index in [4.69, 9.17) is 13.8 Å². The second-order valence-electron chi connectivity index (χ2n) is 3.92. The van der Waals surface area contributed by atoms with E-state index >= 15 is 0 Å². The first-order chi connectivity index (χ1) is 8.91. The van der Waals surface area contributed by atoms with Crippen LogP contribution in [0.3, 0.4) is 0 Å². The molecule has 0 unspecified atom stereocenters. The van der Waals surface area contributed by atoms with Crippen molar-refractivity contribution in [3.05, 3.63) is 16.8 Å². The Morgan fingerprint density at radius 2 is 1.74 bits per heavy atom. The van der Waals surface area contributed by atoms with Gasteiger partial charge in [0.2, 0.25) is 0 Å². The maximum atomic E-state index is 12.7. The Morgan fingerprint density at radius 3 is 2.16 bits per heavy atom. The lowest BCUT2D eigenvalue weighted by molar-refractivity contribution is 0.0599. The average molecular weight is 289 g/mol. The van der Waals surface area contributed by atoms with Crippen molar-refractivity contribution >= 4 is 19.0 Å². The number of hydrogen-bond donors (Lipinski definition) is 1. The third kappa shape index (κ3) is 3.08. The van der Waals surface area contributed by atoms with Gasteiger partial charge in [-0.1, -0.05) is 0 Å². The van der Waals surface area contributed by atoms with Crippen LogP contribution in [0, 0.1) is 13.8 Å². The second-order valence-corrected chi connectivity index (χ2v) is 5.88. The summed E-state index contributed by atoms with van der Waals surface area (Å²) in [6.45, 7) is 7.38. The first-order valence-electron chi connectivity index (χ1n) is 6.08. The van der Waals surface area contributed by atoms with Gasteiger partial charge in [0.15, 0.2) is 0 Å². The van der Waals surface area contributed by atoms with Crippen molar-refractivity contribution in [1.29, 1.82) is 0 Å². The number of carbonyl (C=O) groups is 1. The van der Waals surface area contributed by atoms with Crippen molar-refractivity contribution in [2.75, 3.05) is 20.3 Å². The van der Waals surface area contributed by atoms with Gasteiger partial charge in [-0.05, 0) is 33.3 Å². The molecule has 19 heavy (non-hydrogen) atoms. The van der Waals surface area contributed by atoms with Crippen LogP contribution in [-0.4, -0.2) is 31.3 Å². The summed E-state index contributed by atoms with van der Waals surface area (Å²) in [5.41, 5.74) is 1.81. The molecule has 6 nitrogen and oxygen atoms in total. The molecular formula is C12H20NO5P. The van der Waals surface area contributed by atoms with Crippen LogP contribution in [0.25, 0.3) is 0 Å². The molecule has 7 heteroatoms. The highest BCUT2D eigenvalue weighted by atomic mass is 31.2. The quantitative estimate of drug-likeness (QED) is 0.642. The van der Waals surface area contributed by atoms with Gasteiger partial charge in [-0.25, -0.2) is 4.79 Å². The third-order valence-electron chi connectivity index (χ3n) is 2.67. The van der Waals surface area contributed by atoms with E-state index in [9.17, 15) is 9.36 Å². The number of hydrogen-bond acceptors (Lipinski definition) is 5. The highest BCUT2D eigenvalue weighted by Crippen LogP contribution is 2.47. The number of aromatic nitrogens is 1. The van der Waals surface area contributed by atoms with Crippen molar-refractivity contribution in [3.8, 4) is 0 Å². The Kier molecular flexibility index (Phi) is 5.35. The normalized spacial score (nSPS) is 11.6. The standard InChI is InChI=1S/C12H20NO5P/c1-6-17-19(15,18-7-2)11-8(3)10(9(4)13-11)12(14)16-5/h13H,6-7H2,1-5H3. The summed E-state index contributed by atoms with van der Waals surface area (Å²) in [4.78, 5) is 14.6. The molecule has 1 aromatic heterocycles. The third-order valence-corrected chi connectivity index (χ3v) is 4.86. The highest BCUT2D eigenvalue weighted by Gasteiger charge is 2.34. The molecule has 0 fully saturated rings. The van der Waals surface area contributed by atoms with Gasteiger partial charge in [-0.3, -0.25) is 4.57 Å². The number of carbonyl (C=O) groups excluding carboxylic acids is 1. The zero-order valence-electron chi connectivity index (χ0n) is 11.9. The monoisotopic (exact) mass is 289 g/mol. The van der Waals surface area contributed by atoms with Crippen molar-refractivity contribution < 1.29 is 23.1 Å². The van der Waals surface area contributed by atoms with Crippen LogP contribution in [-0.2, 0) is 18.3 Å². The minimum Gasteiger partial charge on any atom is -0.465 e. The number of aromatic amines is 1. The lowest BCUT2D eigenvalue weighted by atomic mass is 10.2. The van der Waals surface area contributed by atoms with E-state index in [1.54, 1.807) is 27.7 Å². The molecule has 1 heterocycles. The number of ether oxygens (including phenoxy) is 1. The zero-order chi connectivity index (χ0) is 14.6. The molecule has 0 amide bonds. The summed E-state index contributed by atoms with van der Waals surface area (Å²) < 4.78 is 27.9. The van der Waals surface area contributed by atoms with Gasteiger partial charge in [-0.2, -0.15) is 0 Å². The van der Waals surface area contributed by atoms with E-state index in [1.165, 1.54) is 7.11 Å². The molecule has 0 aromatic carbocycles. The molecule has 0 bridgehead atoms. The minimum atomic E-state index is -3.43. The van der Waals surface area contributed by atoms with E-state index < -0.39 is 13.6 Å². The molecule has 0 aliphatic carbocycles. The predicted octanol–water partition coefficient (Wildman–Crippen LogP) is 2.31. The fourth-order valence-electron chi connectivity index (χ4n) is 1.92. The molecule has 1 rings (SSSR count). The SMILES string of the molecule is CCOP(=O)(OCC)c1[nH]c(C)c(C(=O)OC)c1C. The smallest absolute Gasteiger partial charge is 0.377 e. The van der Waals surface area contributed by atoms with E-state index in [0.29, 0.717) is 22.3 Å². The van der Waals surface area contributed by atoms with Gasteiger partial charge >= 0.3 is 13.6 Å². The van der Waals surface area contributed by atoms with E-state index in [-0.39, 0.29) is 13.2 Å². The Morgan fingerprint density at radius 1 is 1.21 bits per heavy atom. The Balaban J connectivity index is 3.34. The molecule has 0 atom stereocenters. The summed E-state index contributed by atoms with van der Waals surface area (Å²) >= 11 is 0. The van der Waals surface area contributed by atoms with Gasteiger partial charge in [-0.15, -0.1) is 0 Å². The first kappa shape index (κ1) is 16.0. The first-order valence-corrected chi connectivity index (χ1v) is 7.62. The summed E-state index contributed by atoms with van der Waals surface area (Å²) in [5.74, 6) is -0.475. The predicted molar refractivity (Wildman–Crippen MR) is 72.1 cm³/mol. The second kappa shape index (κ2) is 6.37. The number of H-pyrrole nitrogens is 1. The maximum Gasteiger partial charge on any atom is 0.377 e. The lowest BCUT2D eigenvalue weighted by Gasteiger charge is -2.16. The molecule has 1 aromatic rings. The summed E-state index contributed by atoms with van der Waals surface area (Å²) in [5, 5.41) is 0.